The number of ether oxygens (including phenoxy) is 2. The highest BCUT2D eigenvalue weighted by Gasteiger charge is 2.17. The van der Waals surface area contributed by atoms with Gasteiger partial charge in [0.25, 0.3) is 0 Å². The summed E-state index contributed by atoms with van der Waals surface area (Å²) >= 11 is 12.5. The third-order valence-electron chi connectivity index (χ3n) is 3.60. The first kappa shape index (κ1) is 20.0. The average Bonchev–Trinajstić information content (AvgIpc) is 2.87. The zero-order valence-electron chi connectivity index (χ0n) is 14.5. The van der Waals surface area contributed by atoms with Gasteiger partial charge in [-0.25, -0.2) is 14.3 Å². The number of rotatable bonds is 6. The predicted octanol–water partition coefficient (Wildman–Crippen LogP) is 3.66. The van der Waals surface area contributed by atoms with Crippen LogP contribution in [-0.2, 0) is 25.6 Å². The molecule has 1 unspecified atom stereocenters. The minimum absolute atomic E-state index is 0.368. The lowest BCUT2D eigenvalue weighted by atomic mass is 10.2. The van der Waals surface area contributed by atoms with Gasteiger partial charge < -0.3 is 9.47 Å². The molecule has 2 rings (SSSR count). The number of hydrogen-bond acceptors (Lipinski definition) is 5. The van der Waals surface area contributed by atoms with Crippen LogP contribution in [0.2, 0.25) is 10.2 Å². The molecule has 0 saturated heterocycles. The second-order valence-corrected chi connectivity index (χ2v) is 6.24. The summed E-state index contributed by atoms with van der Waals surface area (Å²) in [6, 6.07) is 7.40. The maximum absolute atomic E-state index is 11.8. The number of methoxy groups -OCH3 is 1. The molecule has 0 aliphatic rings. The summed E-state index contributed by atoms with van der Waals surface area (Å²) in [7, 11) is 1.22. The van der Waals surface area contributed by atoms with E-state index in [1.807, 2.05) is 18.2 Å². The van der Waals surface area contributed by atoms with Crippen LogP contribution in [-0.4, -0.2) is 34.9 Å². The highest BCUT2D eigenvalue weighted by molar-refractivity contribution is 6.32. The lowest BCUT2D eigenvalue weighted by molar-refractivity contribution is -0.161. The van der Waals surface area contributed by atoms with Gasteiger partial charge in [-0.1, -0.05) is 41.4 Å². The van der Waals surface area contributed by atoms with Gasteiger partial charge in [-0.05, 0) is 31.6 Å². The monoisotopic (exact) mass is 396 g/mol. The minimum atomic E-state index is -0.989. The molecule has 0 N–H and O–H groups in total. The largest absolute Gasteiger partial charge is 0.466 e. The number of halogens is 2. The summed E-state index contributed by atoms with van der Waals surface area (Å²) < 4.78 is 11.0. The average molecular weight is 397 g/mol. The van der Waals surface area contributed by atoms with Gasteiger partial charge in [0, 0.05) is 16.7 Å². The Bertz CT molecular complexity index is 846. The summed E-state index contributed by atoms with van der Waals surface area (Å²) in [6.07, 6.45) is 1.70. The van der Waals surface area contributed by atoms with Crippen LogP contribution in [0.1, 0.15) is 23.7 Å². The van der Waals surface area contributed by atoms with Crippen molar-refractivity contribution >= 4 is 41.2 Å². The number of hydrogen-bond donors (Lipinski definition) is 0. The molecule has 26 heavy (non-hydrogen) atoms. The topological polar surface area (TPSA) is 70.4 Å². The van der Waals surface area contributed by atoms with Crippen molar-refractivity contribution in [2.75, 3.05) is 7.11 Å². The molecule has 0 aliphatic carbocycles. The quantitative estimate of drug-likeness (QED) is 0.550. The Morgan fingerprint density at radius 1 is 1.31 bits per heavy atom. The van der Waals surface area contributed by atoms with Crippen molar-refractivity contribution in [1.82, 2.24) is 9.78 Å². The Morgan fingerprint density at radius 2 is 2.00 bits per heavy atom. The minimum Gasteiger partial charge on any atom is -0.466 e. The van der Waals surface area contributed by atoms with Crippen molar-refractivity contribution in [3.63, 3.8) is 0 Å². The van der Waals surface area contributed by atoms with Crippen LogP contribution in [0.3, 0.4) is 0 Å². The normalized spacial score (nSPS) is 12.2. The fraction of sp³-hybridized carbons (Fsp3) is 0.278. The Kier molecular flexibility index (Phi) is 6.83. The molecule has 138 valence electrons. The molecule has 0 aliphatic heterocycles. The number of nitrogens with zero attached hydrogens (tertiary/aromatic N) is 2. The van der Waals surface area contributed by atoms with E-state index in [9.17, 15) is 9.59 Å². The third-order valence-corrected chi connectivity index (χ3v) is 4.37. The molecule has 0 spiro atoms. The summed E-state index contributed by atoms with van der Waals surface area (Å²) in [5, 5.41) is 5.36. The lowest BCUT2D eigenvalue weighted by Crippen LogP contribution is -2.24. The SMILES string of the molecule is COC(=O)C(C)OC(=O)/C=C/c1c(C)nn(Cc2ccccc2Cl)c1Cl. The van der Waals surface area contributed by atoms with Crippen molar-refractivity contribution in [2.24, 2.45) is 0 Å². The van der Waals surface area contributed by atoms with Crippen molar-refractivity contribution in [3.05, 3.63) is 57.3 Å². The van der Waals surface area contributed by atoms with Crippen LogP contribution in [0.4, 0.5) is 0 Å². The Balaban J connectivity index is 2.13. The van der Waals surface area contributed by atoms with E-state index < -0.39 is 18.0 Å². The van der Waals surface area contributed by atoms with Crippen LogP contribution < -0.4 is 0 Å². The smallest absolute Gasteiger partial charge is 0.346 e. The Labute approximate surface area is 161 Å². The van der Waals surface area contributed by atoms with E-state index in [0.29, 0.717) is 28.0 Å². The molecule has 6 nitrogen and oxygen atoms in total. The number of esters is 2. The highest BCUT2D eigenvalue weighted by Crippen LogP contribution is 2.24. The molecule has 8 heteroatoms. The maximum atomic E-state index is 11.8. The van der Waals surface area contributed by atoms with Gasteiger partial charge in [-0.2, -0.15) is 5.10 Å². The third kappa shape index (κ3) is 4.86. The number of benzene rings is 1. The molecular formula is C18H18Cl2N2O4. The van der Waals surface area contributed by atoms with E-state index in [-0.39, 0.29) is 0 Å². The molecule has 0 saturated carbocycles. The van der Waals surface area contributed by atoms with Crippen molar-refractivity contribution in [2.45, 2.75) is 26.5 Å². The number of aryl methyl sites for hydroxylation is 1. The van der Waals surface area contributed by atoms with E-state index in [4.69, 9.17) is 27.9 Å². The van der Waals surface area contributed by atoms with Gasteiger partial charge in [0.05, 0.1) is 19.3 Å². The summed E-state index contributed by atoms with van der Waals surface area (Å²) in [5.41, 5.74) is 2.11. The van der Waals surface area contributed by atoms with Gasteiger partial charge in [0.2, 0.25) is 0 Å². The molecule has 1 aromatic carbocycles. The van der Waals surface area contributed by atoms with Gasteiger partial charge in [-0.15, -0.1) is 0 Å². The molecule has 0 bridgehead atoms. The van der Waals surface area contributed by atoms with Crippen LogP contribution in [0.5, 0.6) is 0 Å². The van der Waals surface area contributed by atoms with Gasteiger partial charge in [-0.3, -0.25) is 0 Å². The Hall–Kier alpha value is -2.31. The molecule has 1 aromatic heterocycles. The molecule has 0 fully saturated rings. The fourth-order valence-electron chi connectivity index (χ4n) is 2.23. The summed E-state index contributed by atoms with van der Waals surface area (Å²) in [5.74, 6) is -1.31. The number of carbonyl (C=O) groups is 2. The first-order valence-corrected chi connectivity index (χ1v) is 8.52. The molecule has 0 radical (unpaired) electrons. The predicted molar refractivity (Wildman–Crippen MR) is 99.1 cm³/mol. The van der Waals surface area contributed by atoms with Crippen molar-refractivity contribution < 1.29 is 19.1 Å². The maximum Gasteiger partial charge on any atom is 0.346 e. The molecule has 0 amide bonds. The van der Waals surface area contributed by atoms with E-state index in [2.05, 4.69) is 9.84 Å². The standard InChI is InChI=1S/C18H18Cl2N2O4/c1-11-14(8-9-16(23)26-12(2)18(24)25-3)17(20)22(21-11)10-13-6-4-5-7-15(13)19/h4-9,12H,10H2,1-3H3/b9-8+. The number of carbonyl (C=O) groups excluding carboxylic acids is 2. The molecule has 1 heterocycles. The van der Waals surface area contributed by atoms with Crippen LogP contribution in [0.15, 0.2) is 30.3 Å². The van der Waals surface area contributed by atoms with E-state index >= 15 is 0 Å². The second-order valence-electron chi connectivity index (χ2n) is 5.47. The van der Waals surface area contributed by atoms with Gasteiger partial charge in [0.1, 0.15) is 5.15 Å². The molecule has 1 atom stereocenters. The summed E-state index contributed by atoms with van der Waals surface area (Å²) in [4.78, 5) is 23.1. The van der Waals surface area contributed by atoms with Crippen LogP contribution >= 0.6 is 23.2 Å². The highest BCUT2D eigenvalue weighted by atomic mass is 35.5. The van der Waals surface area contributed by atoms with Gasteiger partial charge in [0.15, 0.2) is 6.10 Å². The summed E-state index contributed by atoms with van der Waals surface area (Å²) in [6.45, 7) is 3.60. The van der Waals surface area contributed by atoms with E-state index in [1.54, 1.807) is 17.7 Å². The van der Waals surface area contributed by atoms with E-state index in [0.717, 1.165) is 5.56 Å². The first-order chi connectivity index (χ1) is 12.3. The second kappa shape index (κ2) is 8.87. The Morgan fingerprint density at radius 3 is 2.65 bits per heavy atom. The zero-order valence-corrected chi connectivity index (χ0v) is 16.0. The fourth-order valence-corrected chi connectivity index (χ4v) is 2.72. The lowest BCUT2D eigenvalue weighted by Gasteiger charge is -2.08. The van der Waals surface area contributed by atoms with Gasteiger partial charge >= 0.3 is 11.9 Å². The zero-order chi connectivity index (χ0) is 19.3. The van der Waals surface area contributed by atoms with E-state index in [1.165, 1.54) is 26.2 Å². The van der Waals surface area contributed by atoms with Crippen molar-refractivity contribution in [1.29, 1.82) is 0 Å². The molecular weight excluding hydrogens is 379 g/mol. The number of aromatic nitrogens is 2. The first-order valence-electron chi connectivity index (χ1n) is 7.76. The molecule has 2 aromatic rings. The van der Waals surface area contributed by atoms with Crippen LogP contribution in [0, 0.1) is 6.92 Å². The van der Waals surface area contributed by atoms with Crippen molar-refractivity contribution in [3.8, 4) is 0 Å². The van der Waals surface area contributed by atoms with Crippen LogP contribution in [0.25, 0.3) is 6.08 Å².